The van der Waals surface area contributed by atoms with Crippen LogP contribution in [-0.4, -0.2) is 35.1 Å². The van der Waals surface area contributed by atoms with Gasteiger partial charge < -0.3 is 0 Å². The van der Waals surface area contributed by atoms with Crippen LogP contribution in [0, 0.1) is 6.92 Å². The highest BCUT2D eigenvalue weighted by molar-refractivity contribution is 6.21. The number of amides is 4. The van der Waals surface area contributed by atoms with Gasteiger partial charge in [0.15, 0.2) is 0 Å². The second-order valence-corrected chi connectivity index (χ2v) is 6.99. The number of rotatable bonds is 7. The fourth-order valence-corrected chi connectivity index (χ4v) is 3.22. The quantitative estimate of drug-likeness (QED) is 0.429. The molecule has 0 unspecified atom stereocenters. The van der Waals surface area contributed by atoms with Crippen molar-refractivity contribution in [1.82, 2.24) is 15.8 Å². The Morgan fingerprint density at radius 3 is 2.21 bits per heavy atom. The highest BCUT2D eigenvalue weighted by Crippen LogP contribution is 2.22. The first-order valence-electron chi connectivity index (χ1n) is 9.58. The van der Waals surface area contributed by atoms with Crippen LogP contribution in [0.2, 0.25) is 0 Å². The highest BCUT2D eigenvalue weighted by atomic mass is 16.2. The molecular weight excluding hydrogens is 370 g/mol. The maximum absolute atomic E-state index is 12.3. The summed E-state index contributed by atoms with van der Waals surface area (Å²) in [6.07, 6.45) is 2.15. The molecule has 7 nitrogen and oxygen atoms in total. The van der Waals surface area contributed by atoms with Crippen molar-refractivity contribution in [3.63, 3.8) is 0 Å². The molecule has 0 fully saturated rings. The van der Waals surface area contributed by atoms with E-state index in [1.54, 1.807) is 42.5 Å². The number of hydrazine groups is 1. The molecule has 0 saturated carbocycles. The van der Waals surface area contributed by atoms with Crippen LogP contribution in [0.15, 0.2) is 48.5 Å². The molecule has 7 heteroatoms. The lowest BCUT2D eigenvalue weighted by molar-refractivity contribution is -0.122. The summed E-state index contributed by atoms with van der Waals surface area (Å²) in [5.41, 5.74) is 7.13. The summed E-state index contributed by atoms with van der Waals surface area (Å²) in [4.78, 5) is 49.6. The summed E-state index contributed by atoms with van der Waals surface area (Å²) in [5.74, 6) is -1.18. The number of carbonyl (C=O) groups excluding carboxylic acids is 4. The van der Waals surface area contributed by atoms with Gasteiger partial charge in [0.1, 0.15) is 0 Å². The normalized spacial score (nSPS) is 12.7. The number of hydrogen-bond acceptors (Lipinski definition) is 4. The lowest BCUT2D eigenvalue weighted by Gasteiger charge is -2.13. The molecule has 2 aromatic carbocycles. The van der Waals surface area contributed by atoms with E-state index < -0.39 is 0 Å². The summed E-state index contributed by atoms with van der Waals surface area (Å²) in [6.45, 7) is 2.22. The summed E-state index contributed by atoms with van der Waals surface area (Å²) in [5, 5.41) is 0. The van der Waals surface area contributed by atoms with Crippen LogP contribution >= 0.6 is 0 Å². The molecule has 0 spiro atoms. The lowest BCUT2D eigenvalue weighted by atomic mass is 10.1. The standard InChI is InChI=1S/C22H23N3O4/c1-15-8-7-9-16(14-15)20(27)24-23-19(26)12-3-2-6-13-25-21(28)17-10-4-5-11-18(17)22(25)29/h4-5,7-11,14H,2-3,6,12-13H2,1H3,(H,23,26)(H,24,27). The first-order valence-corrected chi connectivity index (χ1v) is 9.58. The van der Waals surface area contributed by atoms with Crippen molar-refractivity contribution >= 4 is 23.6 Å². The number of nitrogens with zero attached hydrogens (tertiary/aromatic N) is 1. The molecule has 0 aliphatic carbocycles. The molecular formula is C22H23N3O4. The van der Waals surface area contributed by atoms with Gasteiger partial charge in [-0.2, -0.15) is 0 Å². The minimum atomic E-state index is -0.368. The lowest BCUT2D eigenvalue weighted by Crippen LogP contribution is -2.41. The zero-order valence-electron chi connectivity index (χ0n) is 16.2. The van der Waals surface area contributed by atoms with Crippen molar-refractivity contribution < 1.29 is 19.2 Å². The molecule has 1 aliphatic rings. The first-order chi connectivity index (χ1) is 14.0. The van der Waals surface area contributed by atoms with Gasteiger partial charge in [-0.15, -0.1) is 0 Å². The van der Waals surface area contributed by atoms with Gasteiger partial charge >= 0.3 is 0 Å². The van der Waals surface area contributed by atoms with E-state index in [9.17, 15) is 19.2 Å². The van der Waals surface area contributed by atoms with E-state index >= 15 is 0 Å². The molecule has 1 heterocycles. The molecule has 0 saturated heterocycles. The largest absolute Gasteiger partial charge is 0.274 e. The average Bonchev–Trinajstić information content (AvgIpc) is 2.96. The van der Waals surface area contributed by atoms with E-state index in [1.165, 1.54) is 4.90 Å². The van der Waals surface area contributed by atoms with E-state index in [2.05, 4.69) is 10.9 Å². The smallest absolute Gasteiger partial charge is 0.269 e. The molecule has 2 aromatic rings. The minimum Gasteiger partial charge on any atom is -0.274 e. The Morgan fingerprint density at radius 1 is 0.862 bits per heavy atom. The summed E-state index contributed by atoms with van der Waals surface area (Å²) < 4.78 is 0. The van der Waals surface area contributed by atoms with Crippen LogP contribution in [0.25, 0.3) is 0 Å². The number of fused-ring (bicyclic) bond motifs is 1. The Balaban J connectivity index is 1.34. The van der Waals surface area contributed by atoms with Gasteiger partial charge in [0.25, 0.3) is 17.7 Å². The predicted molar refractivity (Wildman–Crippen MR) is 107 cm³/mol. The maximum atomic E-state index is 12.3. The Bertz CT molecular complexity index is 920. The second-order valence-electron chi connectivity index (χ2n) is 6.99. The molecule has 1 aliphatic heterocycles. The van der Waals surface area contributed by atoms with Crippen LogP contribution in [0.5, 0.6) is 0 Å². The Kier molecular flexibility index (Phi) is 6.39. The van der Waals surface area contributed by atoms with Crippen LogP contribution in [0.4, 0.5) is 0 Å². The highest BCUT2D eigenvalue weighted by Gasteiger charge is 2.34. The van der Waals surface area contributed by atoms with Crippen molar-refractivity contribution in [2.75, 3.05) is 6.54 Å². The van der Waals surface area contributed by atoms with Crippen molar-refractivity contribution in [2.24, 2.45) is 0 Å². The molecule has 2 N–H and O–H groups in total. The number of benzene rings is 2. The fourth-order valence-electron chi connectivity index (χ4n) is 3.22. The molecule has 29 heavy (non-hydrogen) atoms. The summed E-state index contributed by atoms with van der Waals surface area (Å²) in [7, 11) is 0. The van der Waals surface area contributed by atoms with Crippen LogP contribution in [-0.2, 0) is 4.79 Å². The van der Waals surface area contributed by atoms with E-state index in [1.807, 2.05) is 13.0 Å². The Hall–Kier alpha value is -3.48. The minimum absolute atomic E-state index is 0.246. The fraction of sp³-hybridized carbons (Fsp3) is 0.273. The third-order valence-electron chi connectivity index (χ3n) is 4.76. The van der Waals surface area contributed by atoms with Gasteiger partial charge in [-0.05, 0) is 44.0 Å². The maximum Gasteiger partial charge on any atom is 0.269 e. The number of hydrogen-bond donors (Lipinski definition) is 2. The Morgan fingerprint density at radius 2 is 1.55 bits per heavy atom. The topological polar surface area (TPSA) is 95.6 Å². The van der Waals surface area contributed by atoms with Gasteiger partial charge in [0.05, 0.1) is 11.1 Å². The molecule has 0 aromatic heterocycles. The first kappa shape index (κ1) is 20.3. The van der Waals surface area contributed by atoms with Crippen molar-refractivity contribution in [3.05, 3.63) is 70.8 Å². The van der Waals surface area contributed by atoms with Crippen LogP contribution in [0.3, 0.4) is 0 Å². The second kappa shape index (κ2) is 9.14. The Labute approximate surface area is 169 Å². The average molecular weight is 393 g/mol. The van der Waals surface area contributed by atoms with E-state index in [4.69, 9.17) is 0 Å². The summed E-state index contributed by atoms with van der Waals surface area (Å²) in [6, 6.07) is 13.9. The summed E-state index contributed by atoms with van der Waals surface area (Å²) >= 11 is 0. The van der Waals surface area contributed by atoms with Gasteiger partial charge in [-0.1, -0.05) is 36.2 Å². The van der Waals surface area contributed by atoms with Gasteiger partial charge in [0.2, 0.25) is 5.91 Å². The zero-order valence-corrected chi connectivity index (χ0v) is 16.2. The van der Waals surface area contributed by atoms with Gasteiger partial charge in [-0.25, -0.2) is 0 Å². The SMILES string of the molecule is Cc1cccc(C(=O)NNC(=O)CCCCCN2C(=O)c3ccccc3C2=O)c1. The predicted octanol–water partition coefficient (Wildman–Crippen LogP) is 2.61. The molecule has 150 valence electrons. The molecule has 4 amide bonds. The third-order valence-corrected chi connectivity index (χ3v) is 4.76. The molecule has 3 rings (SSSR count). The van der Waals surface area contributed by atoms with Crippen molar-refractivity contribution in [3.8, 4) is 0 Å². The van der Waals surface area contributed by atoms with Gasteiger partial charge in [0, 0.05) is 18.5 Å². The van der Waals surface area contributed by atoms with Crippen molar-refractivity contribution in [2.45, 2.75) is 32.6 Å². The van der Waals surface area contributed by atoms with Crippen molar-refractivity contribution in [1.29, 1.82) is 0 Å². The number of aryl methyl sites for hydroxylation is 1. The number of carbonyl (C=O) groups is 4. The monoisotopic (exact) mass is 393 g/mol. The number of imide groups is 1. The van der Waals surface area contributed by atoms with E-state index in [0.717, 1.165) is 5.56 Å². The van der Waals surface area contributed by atoms with E-state index in [0.29, 0.717) is 42.5 Å². The molecule has 0 atom stereocenters. The molecule has 0 radical (unpaired) electrons. The third kappa shape index (κ3) is 4.87. The molecule has 0 bridgehead atoms. The van der Waals surface area contributed by atoms with E-state index in [-0.39, 0.29) is 30.0 Å². The number of unbranched alkanes of at least 4 members (excludes halogenated alkanes) is 2. The van der Waals surface area contributed by atoms with Crippen LogP contribution < -0.4 is 10.9 Å². The van der Waals surface area contributed by atoms with Gasteiger partial charge in [-0.3, -0.25) is 34.9 Å². The number of nitrogens with one attached hydrogen (secondary N) is 2. The zero-order chi connectivity index (χ0) is 20.8. The van der Waals surface area contributed by atoms with Crippen LogP contribution in [0.1, 0.15) is 62.3 Å².